The number of nitrogens with zero attached hydrogens (tertiary/aromatic N) is 3. The highest BCUT2D eigenvalue weighted by atomic mass is 16.5. The van der Waals surface area contributed by atoms with Crippen molar-refractivity contribution in [2.45, 2.75) is 66.7 Å². The van der Waals surface area contributed by atoms with Gasteiger partial charge in [-0.1, -0.05) is 32.9 Å². The smallest absolute Gasteiger partial charge is 0.140 e. The van der Waals surface area contributed by atoms with Crippen LogP contribution in [-0.4, -0.2) is 34.3 Å². The van der Waals surface area contributed by atoms with E-state index < -0.39 is 0 Å². The van der Waals surface area contributed by atoms with E-state index >= 15 is 0 Å². The molecule has 0 amide bonds. The Labute approximate surface area is 129 Å². The van der Waals surface area contributed by atoms with Gasteiger partial charge in [-0.2, -0.15) is 0 Å². The predicted octanol–water partition coefficient (Wildman–Crippen LogP) is 3.29. The summed E-state index contributed by atoms with van der Waals surface area (Å²) in [5, 5.41) is 8.27. The normalized spacial score (nSPS) is 13.1. The van der Waals surface area contributed by atoms with Crippen LogP contribution in [0.25, 0.3) is 0 Å². The SMILES string of the molecule is COCn1cc(CC(C)(C)CC(C)(C)OCC(C)C)nn1. The minimum absolute atomic E-state index is 0.106. The minimum atomic E-state index is -0.129. The maximum atomic E-state index is 6.05. The van der Waals surface area contributed by atoms with Crippen LogP contribution >= 0.6 is 0 Å². The van der Waals surface area contributed by atoms with Crippen molar-refractivity contribution in [2.24, 2.45) is 11.3 Å². The summed E-state index contributed by atoms with van der Waals surface area (Å²) in [5.41, 5.74) is 0.974. The van der Waals surface area contributed by atoms with Gasteiger partial charge >= 0.3 is 0 Å². The summed E-state index contributed by atoms with van der Waals surface area (Å²) in [4.78, 5) is 0. The van der Waals surface area contributed by atoms with E-state index in [4.69, 9.17) is 9.47 Å². The topological polar surface area (TPSA) is 49.2 Å². The monoisotopic (exact) mass is 297 g/mol. The largest absolute Gasteiger partial charge is 0.375 e. The van der Waals surface area contributed by atoms with E-state index in [1.165, 1.54) is 0 Å². The molecule has 5 nitrogen and oxygen atoms in total. The van der Waals surface area contributed by atoms with Crippen molar-refractivity contribution >= 4 is 0 Å². The fraction of sp³-hybridized carbons (Fsp3) is 0.875. The van der Waals surface area contributed by atoms with Crippen LogP contribution in [0.1, 0.15) is 53.7 Å². The molecular formula is C16H31N3O2. The molecule has 0 saturated heterocycles. The standard InChI is InChI=1S/C16H31N3O2/c1-13(2)10-21-16(5,6)11-15(3,4)8-14-9-19(12-20-7)18-17-14/h9,13H,8,10-12H2,1-7H3. The van der Waals surface area contributed by atoms with Crippen LogP contribution in [-0.2, 0) is 22.6 Å². The summed E-state index contributed by atoms with van der Waals surface area (Å²) in [6.45, 7) is 14.4. The molecule has 21 heavy (non-hydrogen) atoms. The summed E-state index contributed by atoms with van der Waals surface area (Å²) in [5.74, 6) is 0.557. The van der Waals surface area contributed by atoms with Gasteiger partial charge in [0.15, 0.2) is 0 Å². The van der Waals surface area contributed by atoms with Crippen LogP contribution in [0.3, 0.4) is 0 Å². The van der Waals surface area contributed by atoms with E-state index in [-0.39, 0.29) is 11.0 Å². The van der Waals surface area contributed by atoms with Crippen molar-refractivity contribution in [3.8, 4) is 0 Å². The Balaban J connectivity index is 2.58. The molecular weight excluding hydrogens is 266 g/mol. The molecule has 0 N–H and O–H groups in total. The van der Waals surface area contributed by atoms with E-state index in [0.29, 0.717) is 12.6 Å². The van der Waals surface area contributed by atoms with E-state index in [9.17, 15) is 0 Å². The first-order valence-corrected chi connectivity index (χ1v) is 7.65. The lowest BCUT2D eigenvalue weighted by Gasteiger charge is -2.35. The zero-order valence-corrected chi connectivity index (χ0v) is 14.6. The van der Waals surface area contributed by atoms with Gasteiger partial charge < -0.3 is 9.47 Å². The lowest BCUT2D eigenvalue weighted by atomic mass is 9.78. The number of hydrogen-bond donors (Lipinski definition) is 0. The lowest BCUT2D eigenvalue weighted by molar-refractivity contribution is -0.0565. The molecule has 0 fully saturated rings. The van der Waals surface area contributed by atoms with E-state index in [2.05, 4.69) is 51.9 Å². The van der Waals surface area contributed by atoms with Crippen molar-refractivity contribution in [3.63, 3.8) is 0 Å². The van der Waals surface area contributed by atoms with Gasteiger partial charge in [0.2, 0.25) is 0 Å². The lowest BCUT2D eigenvalue weighted by Crippen LogP contribution is -2.34. The van der Waals surface area contributed by atoms with E-state index in [0.717, 1.165) is 25.1 Å². The van der Waals surface area contributed by atoms with Gasteiger partial charge in [0.25, 0.3) is 0 Å². The molecule has 0 aliphatic heterocycles. The predicted molar refractivity (Wildman–Crippen MR) is 84.0 cm³/mol. The molecule has 0 unspecified atom stereocenters. The quantitative estimate of drug-likeness (QED) is 0.702. The second kappa shape index (κ2) is 7.36. The summed E-state index contributed by atoms with van der Waals surface area (Å²) >= 11 is 0. The molecule has 1 heterocycles. The van der Waals surface area contributed by atoms with E-state index in [1.54, 1.807) is 11.8 Å². The van der Waals surface area contributed by atoms with Crippen molar-refractivity contribution in [3.05, 3.63) is 11.9 Å². The Kier molecular flexibility index (Phi) is 6.35. The third-order valence-corrected chi connectivity index (χ3v) is 3.22. The van der Waals surface area contributed by atoms with Gasteiger partial charge in [-0.3, -0.25) is 0 Å². The fourth-order valence-corrected chi connectivity index (χ4v) is 2.76. The van der Waals surface area contributed by atoms with Gasteiger partial charge in [-0.25, -0.2) is 4.68 Å². The van der Waals surface area contributed by atoms with Crippen LogP contribution in [0, 0.1) is 11.3 Å². The van der Waals surface area contributed by atoms with Crippen molar-refractivity contribution < 1.29 is 9.47 Å². The van der Waals surface area contributed by atoms with Gasteiger partial charge in [0.05, 0.1) is 17.5 Å². The number of ether oxygens (including phenoxy) is 2. The Bertz CT molecular complexity index is 425. The molecule has 1 aromatic heterocycles. The molecule has 0 aliphatic carbocycles. The molecule has 5 heteroatoms. The first kappa shape index (κ1) is 18.1. The molecule has 1 aromatic rings. The number of hydrogen-bond acceptors (Lipinski definition) is 4. The molecule has 0 atom stereocenters. The number of rotatable bonds is 9. The minimum Gasteiger partial charge on any atom is -0.375 e. The van der Waals surface area contributed by atoms with Gasteiger partial charge in [0.1, 0.15) is 6.73 Å². The van der Waals surface area contributed by atoms with Crippen molar-refractivity contribution in [2.75, 3.05) is 13.7 Å². The number of aromatic nitrogens is 3. The highest BCUT2D eigenvalue weighted by Gasteiger charge is 2.30. The maximum absolute atomic E-state index is 6.05. The first-order valence-electron chi connectivity index (χ1n) is 7.65. The third-order valence-electron chi connectivity index (χ3n) is 3.22. The zero-order valence-electron chi connectivity index (χ0n) is 14.6. The van der Waals surface area contributed by atoms with Gasteiger partial charge in [-0.05, 0) is 38.0 Å². The summed E-state index contributed by atoms with van der Waals surface area (Å²) in [6, 6.07) is 0. The van der Waals surface area contributed by atoms with Crippen LogP contribution in [0.2, 0.25) is 0 Å². The Morgan fingerprint density at radius 3 is 2.48 bits per heavy atom. The first-order chi connectivity index (χ1) is 9.63. The fourth-order valence-electron chi connectivity index (χ4n) is 2.76. The van der Waals surface area contributed by atoms with E-state index in [1.807, 2.05) is 6.20 Å². The summed E-state index contributed by atoms with van der Waals surface area (Å²) in [7, 11) is 1.65. The molecule has 0 spiro atoms. The van der Waals surface area contributed by atoms with Crippen molar-refractivity contribution in [1.29, 1.82) is 0 Å². The highest BCUT2D eigenvalue weighted by molar-refractivity contribution is 4.98. The second-order valence-corrected chi connectivity index (χ2v) is 7.65. The second-order valence-electron chi connectivity index (χ2n) is 7.65. The molecule has 122 valence electrons. The molecule has 0 saturated carbocycles. The Hall–Kier alpha value is -0.940. The van der Waals surface area contributed by atoms with Crippen LogP contribution in [0.5, 0.6) is 0 Å². The Morgan fingerprint density at radius 2 is 1.90 bits per heavy atom. The van der Waals surface area contributed by atoms with Crippen LogP contribution < -0.4 is 0 Å². The zero-order chi connectivity index (χ0) is 16.1. The molecule has 0 aliphatic rings. The third kappa shape index (κ3) is 7.05. The average molecular weight is 297 g/mol. The Morgan fingerprint density at radius 1 is 1.24 bits per heavy atom. The summed E-state index contributed by atoms with van der Waals surface area (Å²) < 4.78 is 12.8. The van der Waals surface area contributed by atoms with Gasteiger partial charge in [0, 0.05) is 13.7 Å². The number of methoxy groups -OCH3 is 1. The molecule has 0 radical (unpaired) electrons. The van der Waals surface area contributed by atoms with Crippen LogP contribution in [0.15, 0.2) is 6.20 Å². The van der Waals surface area contributed by atoms with Gasteiger partial charge in [-0.15, -0.1) is 5.10 Å². The summed E-state index contributed by atoms with van der Waals surface area (Å²) in [6.07, 6.45) is 3.81. The molecule has 0 bridgehead atoms. The molecule has 1 rings (SSSR count). The average Bonchev–Trinajstić information content (AvgIpc) is 2.72. The highest BCUT2D eigenvalue weighted by Crippen LogP contribution is 2.33. The molecule has 0 aromatic carbocycles. The van der Waals surface area contributed by atoms with Crippen molar-refractivity contribution in [1.82, 2.24) is 15.0 Å². The maximum Gasteiger partial charge on any atom is 0.140 e. The van der Waals surface area contributed by atoms with Crippen LogP contribution in [0.4, 0.5) is 0 Å².